The van der Waals surface area contributed by atoms with Crippen LogP contribution < -0.4 is 5.32 Å². The van der Waals surface area contributed by atoms with Crippen LogP contribution in [0.15, 0.2) is 47.1 Å². The number of benzene rings is 1. The van der Waals surface area contributed by atoms with Gasteiger partial charge in [0.25, 0.3) is 5.91 Å². The number of nitrogens with one attached hydrogen (secondary N) is 1. The number of amides is 1. The second-order valence-corrected chi connectivity index (χ2v) is 5.01. The molecule has 2 aromatic rings. The van der Waals surface area contributed by atoms with Gasteiger partial charge in [0.1, 0.15) is 11.4 Å². The lowest BCUT2D eigenvalue weighted by atomic mass is 10.0. The first-order chi connectivity index (χ1) is 10.2. The Balaban J connectivity index is 2.07. The molecular formula is C15H14F3NO3. The SMILES string of the molecule is C[C@@](O)(CNC(=O)c1cccc(C(F)(F)F)c1)c1ccco1. The molecule has 0 radical (unpaired) electrons. The van der Waals surface area contributed by atoms with Crippen molar-refractivity contribution in [1.82, 2.24) is 5.32 Å². The van der Waals surface area contributed by atoms with E-state index in [1.807, 2.05) is 0 Å². The Morgan fingerprint density at radius 3 is 2.59 bits per heavy atom. The van der Waals surface area contributed by atoms with Gasteiger partial charge < -0.3 is 14.8 Å². The highest BCUT2D eigenvalue weighted by molar-refractivity contribution is 5.94. The molecule has 0 spiro atoms. The molecular weight excluding hydrogens is 299 g/mol. The zero-order valence-corrected chi connectivity index (χ0v) is 11.6. The molecule has 0 unspecified atom stereocenters. The van der Waals surface area contributed by atoms with Crippen LogP contribution in [0, 0.1) is 0 Å². The summed E-state index contributed by atoms with van der Waals surface area (Å²) in [5.74, 6) is -0.463. The molecule has 118 valence electrons. The summed E-state index contributed by atoms with van der Waals surface area (Å²) in [4.78, 5) is 11.9. The van der Waals surface area contributed by atoms with Gasteiger partial charge in [-0.1, -0.05) is 6.07 Å². The fourth-order valence-electron chi connectivity index (χ4n) is 1.86. The number of carbonyl (C=O) groups is 1. The summed E-state index contributed by atoms with van der Waals surface area (Å²) in [6, 6.07) is 7.19. The minimum atomic E-state index is -4.52. The summed E-state index contributed by atoms with van der Waals surface area (Å²) in [5, 5.41) is 12.6. The van der Waals surface area contributed by atoms with Gasteiger partial charge in [-0.3, -0.25) is 4.79 Å². The summed E-state index contributed by atoms with van der Waals surface area (Å²) in [6.45, 7) is 1.23. The number of furan rings is 1. The van der Waals surface area contributed by atoms with Crippen LogP contribution in [0.25, 0.3) is 0 Å². The van der Waals surface area contributed by atoms with Gasteiger partial charge in [0.05, 0.1) is 18.4 Å². The van der Waals surface area contributed by atoms with Gasteiger partial charge in [-0.25, -0.2) is 0 Å². The smallest absolute Gasteiger partial charge is 0.416 e. The number of hydrogen-bond acceptors (Lipinski definition) is 3. The molecule has 1 aromatic heterocycles. The van der Waals surface area contributed by atoms with E-state index < -0.39 is 23.2 Å². The minimum Gasteiger partial charge on any atom is -0.466 e. The second kappa shape index (κ2) is 5.84. The first-order valence-corrected chi connectivity index (χ1v) is 6.42. The molecule has 0 aliphatic carbocycles. The van der Waals surface area contributed by atoms with Gasteiger partial charge in [-0.2, -0.15) is 13.2 Å². The van der Waals surface area contributed by atoms with E-state index in [0.717, 1.165) is 18.2 Å². The van der Waals surface area contributed by atoms with E-state index in [-0.39, 0.29) is 17.9 Å². The van der Waals surface area contributed by atoms with Crippen molar-refractivity contribution in [2.24, 2.45) is 0 Å². The molecule has 1 aromatic carbocycles. The fourth-order valence-corrected chi connectivity index (χ4v) is 1.86. The normalized spacial score (nSPS) is 14.4. The summed E-state index contributed by atoms with van der Waals surface area (Å²) in [5.41, 5.74) is -2.50. The zero-order valence-electron chi connectivity index (χ0n) is 11.6. The molecule has 0 aliphatic heterocycles. The van der Waals surface area contributed by atoms with E-state index >= 15 is 0 Å². The van der Waals surface area contributed by atoms with Crippen LogP contribution in [0.5, 0.6) is 0 Å². The maximum Gasteiger partial charge on any atom is 0.416 e. The fraction of sp³-hybridized carbons (Fsp3) is 0.267. The van der Waals surface area contributed by atoms with Gasteiger partial charge in [0.2, 0.25) is 0 Å². The van der Waals surface area contributed by atoms with E-state index in [1.54, 1.807) is 6.07 Å². The number of aliphatic hydroxyl groups is 1. The third-order valence-corrected chi connectivity index (χ3v) is 3.10. The summed E-state index contributed by atoms with van der Waals surface area (Å²) >= 11 is 0. The predicted molar refractivity (Wildman–Crippen MR) is 72.1 cm³/mol. The largest absolute Gasteiger partial charge is 0.466 e. The predicted octanol–water partition coefficient (Wildman–Crippen LogP) is 2.94. The first kappa shape index (κ1) is 16.1. The molecule has 22 heavy (non-hydrogen) atoms. The molecule has 0 bridgehead atoms. The topological polar surface area (TPSA) is 62.5 Å². The van der Waals surface area contributed by atoms with Gasteiger partial charge in [-0.15, -0.1) is 0 Å². The van der Waals surface area contributed by atoms with E-state index in [2.05, 4.69) is 5.32 Å². The minimum absolute atomic E-state index is 0.134. The highest BCUT2D eigenvalue weighted by atomic mass is 19.4. The van der Waals surface area contributed by atoms with Crippen LogP contribution in [0.2, 0.25) is 0 Å². The lowest BCUT2D eigenvalue weighted by Crippen LogP contribution is -2.38. The highest BCUT2D eigenvalue weighted by Crippen LogP contribution is 2.29. The molecule has 0 fully saturated rings. The third kappa shape index (κ3) is 3.67. The number of carbonyl (C=O) groups excluding carboxylic acids is 1. The van der Waals surface area contributed by atoms with Gasteiger partial charge in [-0.05, 0) is 37.3 Å². The molecule has 1 amide bonds. The maximum absolute atomic E-state index is 12.6. The first-order valence-electron chi connectivity index (χ1n) is 6.42. The molecule has 7 heteroatoms. The summed E-state index contributed by atoms with van der Waals surface area (Å²) < 4.78 is 42.9. The van der Waals surface area contributed by atoms with Crippen LogP contribution in [0.1, 0.15) is 28.6 Å². The Labute approximate surface area is 124 Å². The van der Waals surface area contributed by atoms with Gasteiger partial charge in [0, 0.05) is 5.56 Å². The van der Waals surface area contributed by atoms with E-state index in [0.29, 0.717) is 0 Å². The van der Waals surface area contributed by atoms with Crippen molar-refractivity contribution in [3.05, 3.63) is 59.5 Å². The molecule has 1 atom stereocenters. The van der Waals surface area contributed by atoms with Crippen LogP contribution in [-0.4, -0.2) is 17.6 Å². The Bertz CT molecular complexity index is 648. The third-order valence-electron chi connectivity index (χ3n) is 3.10. The van der Waals surface area contributed by atoms with Crippen molar-refractivity contribution in [2.75, 3.05) is 6.54 Å². The van der Waals surface area contributed by atoms with Crippen molar-refractivity contribution in [3.63, 3.8) is 0 Å². The van der Waals surface area contributed by atoms with Crippen LogP contribution >= 0.6 is 0 Å². The molecule has 1 heterocycles. The van der Waals surface area contributed by atoms with Crippen molar-refractivity contribution >= 4 is 5.91 Å². The average molecular weight is 313 g/mol. The van der Waals surface area contributed by atoms with Crippen LogP contribution in [0.3, 0.4) is 0 Å². The second-order valence-electron chi connectivity index (χ2n) is 5.01. The van der Waals surface area contributed by atoms with Crippen molar-refractivity contribution in [1.29, 1.82) is 0 Å². The van der Waals surface area contributed by atoms with E-state index in [1.165, 1.54) is 25.3 Å². The Kier molecular flexibility index (Phi) is 4.27. The van der Waals surface area contributed by atoms with Gasteiger partial charge >= 0.3 is 6.18 Å². The van der Waals surface area contributed by atoms with Crippen molar-refractivity contribution in [3.8, 4) is 0 Å². The quantitative estimate of drug-likeness (QED) is 0.912. The van der Waals surface area contributed by atoms with Crippen molar-refractivity contribution in [2.45, 2.75) is 18.7 Å². The lowest BCUT2D eigenvalue weighted by molar-refractivity contribution is -0.137. The monoisotopic (exact) mass is 313 g/mol. The van der Waals surface area contributed by atoms with Crippen LogP contribution in [0.4, 0.5) is 13.2 Å². The molecule has 0 saturated carbocycles. The van der Waals surface area contributed by atoms with Crippen LogP contribution in [-0.2, 0) is 11.8 Å². The Morgan fingerprint density at radius 1 is 1.27 bits per heavy atom. The Hall–Kier alpha value is -2.28. The molecule has 0 aliphatic rings. The van der Waals surface area contributed by atoms with E-state index in [9.17, 15) is 23.1 Å². The van der Waals surface area contributed by atoms with E-state index in [4.69, 9.17) is 4.42 Å². The summed E-state index contributed by atoms with van der Waals surface area (Å²) in [6.07, 6.45) is -3.14. The number of hydrogen-bond donors (Lipinski definition) is 2. The zero-order chi connectivity index (χ0) is 16.4. The summed E-state index contributed by atoms with van der Waals surface area (Å²) in [7, 11) is 0. The molecule has 4 nitrogen and oxygen atoms in total. The standard InChI is InChI=1S/C15H14F3NO3/c1-14(21,12-6-3-7-22-12)9-19-13(20)10-4-2-5-11(8-10)15(16,17)18/h2-8,21H,9H2,1H3,(H,19,20)/t14-/m1/s1. The average Bonchev–Trinajstić information content (AvgIpc) is 2.99. The lowest BCUT2D eigenvalue weighted by Gasteiger charge is -2.21. The number of rotatable bonds is 4. The molecule has 2 N–H and O–H groups in total. The van der Waals surface area contributed by atoms with Gasteiger partial charge in [0.15, 0.2) is 0 Å². The Morgan fingerprint density at radius 2 is 2.00 bits per heavy atom. The highest BCUT2D eigenvalue weighted by Gasteiger charge is 2.31. The number of alkyl halides is 3. The van der Waals surface area contributed by atoms with Crippen molar-refractivity contribution < 1.29 is 27.5 Å². The maximum atomic E-state index is 12.6. The number of halogens is 3. The molecule has 2 rings (SSSR count). The molecule has 0 saturated heterocycles.